The third kappa shape index (κ3) is 6.51. The third-order valence-corrected chi connectivity index (χ3v) is 13.4. The molecule has 2 heterocycles. The molecule has 67 heavy (non-hydrogen) atoms. The average molecular weight is 855 g/mol. The smallest absolute Gasteiger partial charge is 0.143 e. The van der Waals surface area contributed by atoms with Crippen molar-refractivity contribution < 1.29 is 4.42 Å². The molecule has 13 rings (SSSR count). The Kier molecular flexibility index (Phi) is 9.17. The van der Waals surface area contributed by atoms with Crippen LogP contribution in [0.1, 0.15) is 0 Å². The number of benzene rings is 11. The molecule has 13 aromatic rings. The molecule has 3 heteroatoms. The summed E-state index contributed by atoms with van der Waals surface area (Å²) < 4.78 is 9.07. The van der Waals surface area contributed by atoms with E-state index in [4.69, 9.17) is 4.42 Å². The molecule has 11 aromatic carbocycles. The molecule has 314 valence electrons. The zero-order valence-electron chi connectivity index (χ0n) is 36.6. The van der Waals surface area contributed by atoms with Crippen molar-refractivity contribution in [2.75, 3.05) is 4.90 Å². The van der Waals surface area contributed by atoms with Gasteiger partial charge in [-0.2, -0.15) is 0 Å². The van der Waals surface area contributed by atoms with E-state index in [0.29, 0.717) is 0 Å². The number of hydrogen-bond acceptors (Lipinski definition) is 2. The van der Waals surface area contributed by atoms with Gasteiger partial charge in [0.15, 0.2) is 0 Å². The lowest BCUT2D eigenvalue weighted by Gasteiger charge is -2.28. The van der Waals surface area contributed by atoms with E-state index in [0.717, 1.165) is 61.4 Å². The van der Waals surface area contributed by atoms with Crippen LogP contribution in [0.3, 0.4) is 0 Å². The maximum atomic E-state index is 6.65. The van der Waals surface area contributed by atoms with Crippen molar-refractivity contribution in [1.82, 2.24) is 4.57 Å². The van der Waals surface area contributed by atoms with Crippen LogP contribution in [0.2, 0.25) is 0 Å². The fourth-order valence-corrected chi connectivity index (χ4v) is 10.3. The van der Waals surface area contributed by atoms with E-state index < -0.39 is 0 Å². The molecule has 3 nitrogen and oxygen atoms in total. The Bertz CT molecular complexity index is 3930. The number of furan rings is 1. The average Bonchev–Trinajstić information content (AvgIpc) is 3.95. The molecule has 0 amide bonds. The molecule has 0 radical (unpaired) electrons. The van der Waals surface area contributed by atoms with Crippen LogP contribution in [0.5, 0.6) is 0 Å². The zero-order chi connectivity index (χ0) is 44.3. The number of anilines is 3. The Morgan fingerprint density at radius 2 is 0.836 bits per heavy atom. The van der Waals surface area contributed by atoms with E-state index in [1.807, 2.05) is 6.07 Å². The Balaban J connectivity index is 0.945. The molecule has 0 saturated heterocycles. The van der Waals surface area contributed by atoms with E-state index in [1.54, 1.807) is 0 Å². The maximum absolute atomic E-state index is 6.65. The lowest BCUT2D eigenvalue weighted by atomic mass is 9.93. The Morgan fingerprint density at radius 1 is 0.313 bits per heavy atom. The SMILES string of the molecule is c1ccc(-c2ccccc2-n2c3ccccc3c3ccccc32)c(-c2ccc(N(c3ccc(-c4ccc5ccccc5c4)cc3)c3ccccc3-c3cccc4c3oc3ccccc34)cc2)c1. The number of fused-ring (bicyclic) bond motifs is 7. The highest BCUT2D eigenvalue weighted by atomic mass is 16.3. The standard InChI is InChI=1S/C64H42N2O/c1-2-17-46-42-47(33-32-43(46)16-1)44-34-38-48(39-35-44)65(59-27-10-8-23-55(59)57-25-15-26-58-56-24-9-14-31-63(56)67-64(57)58)49-40-36-45(37-41-49)50-18-3-4-19-51(50)52-20-5-11-28-60(52)66-61-29-12-6-21-53(61)54-22-7-13-30-62(54)66/h1-42H. The molecule has 0 spiro atoms. The van der Waals surface area contributed by atoms with Gasteiger partial charge in [0.05, 0.1) is 22.4 Å². The maximum Gasteiger partial charge on any atom is 0.143 e. The highest BCUT2D eigenvalue weighted by Crippen LogP contribution is 2.46. The summed E-state index contributed by atoms with van der Waals surface area (Å²) in [7, 11) is 0. The minimum atomic E-state index is 0.885. The van der Waals surface area contributed by atoms with Crippen LogP contribution < -0.4 is 4.90 Å². The summed E-state index contributed by atoms with van der Waals surface area (Å²) in [6, 6.07) is 91.9. The Hall–Kier alpha value is -8.92. The number of rotatable bonds is 8. The summed E-state index contributed by atoms with van der Waals surface area (Å²) in [4.78, 5) is 2.38. The first-order chi connectivity index (χ1) is 33.2. The quantitative estimate of drug-likeness (QED) is 0.152. The Labute approximate surface area is 388 Å². The van der Waals surface area contributed by atoms with Crippen LogP contribution >= 0.6 is 0 Å². The minimum Gasteiger partial charge on any atom is -0.455 e. The second-order valence-electron chi connectivity index (χ2n) is 17.2. The molecule has 2 aromatic heterocycles. The topological polar surface area (TPSA) is 21.3 Å². The first-order valence-electron chi connectivity index (χ1n) is 22.9. The summed E-state index contributed by atoms with van der Waals surface area (Å²) >= 11 is 0. The van der Waals surface area contributed by atoms with Gasteiger partial charge in [-0.15, -0.1) is 0 Å². The van der Waals surface area contributed by atoms with Gasteiger partial charge in [-0.1, -0.05) is 194 Å². The number of para-hydroxylation sites is 6. The van der Waals surface area contributed by atoms with E-state index in [9.17, 15) is 0 Å². The highest BCUT2D eigenvalue weighted by Gasteiger charge is 2.22. The fraction of sp³-hybridized carbons (Fsp3) is 0. The summed E-state index contributed by atoms with van der Waals surface area (Å²) in [5.74, 6) is 0. The summed E-state index contributed by atoms with van der Waals surface area (Å²) in [5.41, 5.74) is 17.6. The fourth-order valence-electron chi connectivity index (χ4n) is 10.3. The van der Waals surface area contributed by atoms with Crippen LogP contribution in [-0.4, -0.2) is 4.57 Å². The summed E-state index contributed by atoms with van der Waals surface area (Å²) in [6.45, 7) is 0. The van der Waals surface area contributed by atoms with Crippen LogP contribution in [0.15, 0.2) is 259 Å². The van der Waals surface area contributed by atoms with Gasteiger partial charge in [0.2, 0.25) is 0 Å². The van der Waals surface area contributed by atoms with Gasteiger partial charge in [0.1, 0.15) is 11.2 Å². The highest BCUT2D eigenvalue weighted by molar-refractivity contribution is 6.12. The van der Waals surface area contributed by atoms with Crippen LogP contribution in [0.25, 0.3) is 105 Å². The third-order valence-electron chi connectivity index (χ3n) is 13.4. The first-order valence-corrected chi connectivity index (χ1v) is 22.9. The lowest BCUT2D eigenvalue weighted by molar-refractivity contribution is 0.670. The van der Waals surface area contributed by atoms with Crippen molar-refractivity contribution in [1.29, 1.82) is 0 Å². The predicted molar refractivity (Wildman–Crippen MR) is 282 cm³/mol. The predicted octanol–water partition coefficient (Wildman–Crippen LogP) is 18.0. The molecule has 0 aliphatic heterocycles. The molecule has 0 aliphatic carbocycles. The van der Waals surface area contributed by atoms with E-state index in [2.05, 4.69) is 258 Å². The van der Waals surface area contributed by atoms with E-state index >= 15 is 0 Å². The molecule has 0 atom stereocenters. The number of aromatic nitrogens is 1. The van der Waals surface area contributed by atoms with Gasteiger partial charge in [-0.3, -0.25) is 0 Å². The molecule has 0 unspecified atom stereocenters. The van der Waals surface area contributed by atoms with Crippen molar-refractivity contribution in [2.24, 2.45) is 0 Å². The summed E-state index contributed by atoms with van der Waals surface area (Å²) in [6.07, 6.45) is 0. The van der Waals surface area contributed by atoms with E-state index in [-0.39, 0.29) is 0 Å². The monoisotopic (exact) mass is 854 g/mol. The normalized spacial score (nSPS) is 11.6. The van der Waals surface area contributed by atoms with Gasteiger partial charge in [-0.05, 0) is 99.3 Å². The molecule has 0 fully saturated rings. The van der Waals surface area contributed by atoms with Crippen molar-refractivity contribution in [3.8, 4) is 50.2 Å². The van der Waals surface area contributed by atoms with Gasteiger partial charge >= 0.3 is 0 Å². The van der Waals surface area contributed by atoms with Crippen LogP contribution in [-0.2, 0) is 0 Å². The zero-order valence-corrected chi connectivity index (χ0v) is 36.6. The number of hydrogen-bond donors (Lipinski definition) is 0. The second-order valence-corrected chi connectivity index (χ2v) is 17.2. The van der Waals surface area contributed by atoms with Crippen molar-refractivity contribution in [2.45, 2.75) is 0 Å². The first kappa shape index (κ1) is 38.5. The van der Waals surface area contributed by atoms with Gasteiger partial charge in [-0.25, -0.2) is 0 Å². The van der Waals surface area contributed by atoms with Crippen molar-refractivity contribution >= 4 is 71.6 Å². The molecule has 0 N–H and O–H groups in total. The van der Waals surface area contributed by atoms with Crippen molar-refractivity contribution in [3.05, 3.63) is 255 Å². The second kappa shape index (κ2) is 16.0. The molecule has 0 aliphatic rings. The van der Waals surface area contributed by atoms with Gasteiger partial charge in [0, 0.05) is 49.6 Å². The molecular formula is C64H42N2O. The Morgan fingerprint density at radius 3 is 1.58 bits per heavy atom. The number of nitrogens with zero attached hydrogens (tertiary/aromatic N) is 2. The van der Waals surface area contributed by atoms with Gasteiger partial charge in [0.25, 0.3) is 0 Å². The van der Waals surface area contributed by atoms with E-state index in [1.165, 1.54) is 60.4 Å². The largest absolute Gasteiger partial charge is 0.455 e. The minimum absolute atomic E-state index is 0.885. The molecule has 0 bridgehead atoms. The van der Waals surface area contributed by atoms with Crippen LogP contribution in [0.4, 0.5) is 17.1 Å². The van der Waals surface area contributed by atoms with Gasteiger partial charge < -0.3 is 13.9 Å². The summed E-state index contributed by atoms with van der Waals surface area (Å²) in [5, 5.41) is 7.20. The lowest BCUT2D eigenvalue weighted by Crippen LogP contribution is -2.11. The van der Waals surface area contributed by atoms with Crippen molar-refractivity contribution in [3.63, 3.8) is 0 Å². The molecular weight excluding hydrogens is 813 g/mol. The van der Waals surface area contributed by atoms with Crippen LogP contribution in [0, 0.1) is 0 Å². The molecule has 0 saturated carbocycles.